The molecule has 0 N–H and O–H groups in total. The first-order valence-electron chi connectivity index (χ1n) is 9.18. The molecule has 0 bridgehead atoms. The molecule has 1 amide bonds. The van der Waals surface area contributed by atoms with Gasteiger partial charge in [-0.2, -0.15) is 0 Å². The van der Waals surface area contributed by atoms with Crippen LogP contribution in [0.5, 0.6) is 0 Å². The van der Waals surface area contributed by atoms with Crippen LogP contribution in [0.25, 0.3) is 10.2 Å². The number of benzene rings is 2. The number of aromatic nitrogens is 1. The molecule has 0 aliphatic rings. The first kappa shape index (κ1) is 22.3. The van der Waals surface area contributed by atoms with Crippen LogP contribution in [0.2, 0.25) is 0 Å². The van der Waals surface area contributed by atoms with Gasteiger partial charge in [-0.1, -0.05) is 56.4 Å². The van der Waals surface area contributed by atoms with Crippen LogP contribution < -0.4 is 4.90 Å². The third kappa shape index (κ3) is 5.10. The van der Waals surface area contributed by atoms with E-state index in [9.17, 15) is 4.79 Å². The van der Waals surface area contributed by atoms with E-state index in [0.29, 0.717) is 12.1 Å². The van der Waals surface area contributed by atoms with Crippen LogP contribution in [-0.2, 0) is 5.41 Å². The van der Waals surface area contributed by atoms with Crippen molar-refractivity contribution in [2.24, 2.45) is 0 Å². The van der Waals surface area contributed by atoms with Crippen molar-refractivity contribution in [3.05, 3.63) is 59.7 Å². The molecule has 3 aromatic rings. The number of thiazole rings is 1. The predicted molar refractivity (Wildman–Crippen MR) is 122 cm³/mol. The van der Waals surface area contributed by atoms with E-state index in [1.165, 1.54) is 5.56 Å². The highest BCUT2D eigenvalue weighted by Crippen LogP contribution is 2.30. The summed E-state index contributed by atoms with van der Waals surface area (Å²) in [4.78, 5) is 21.9. The smallest absolute Gasteiger partial charge is 0.260 e. The molecule has 0 spiro atoms. The number of likely N-dealkylation sites (N-methyl/N-ethyl adjacent to an activating group) is 1. The highest BCUT2D eigenvalue weighted by Gasteiger charge is 2.22. The number of halogens is 1. The third-order valence-corrected chi connectivity index (χ3v) is 5.59. The van der Waals surface area contributed by atoms with E-state index in [4.69, 9.17) is 4.98 Å². The van der Waals surface area contributed by atoms with Crippen molar-refractivity contribution >= 4 is 45.0 Å². The second kappa shape index (κ2) is 9.03. The summed E-state index contributed by atoms with van der Waals surface area (Å²) >= 11 is 1.56. The molecule has 3 rings (SSSR count). The summed E-state index contributed by atoms with van der Waals surface area (Å²) in [6.45, 7) is 7.91. The minimum absolute atomic E-state index is 0. The van der Waals surface area contributed by atoms with Crippen molar-refractivity contribution in [2.75, 3.05) is 32.1 Å². The van der Waals surface area contributed by atoms with Gasteiger partial charge in [-0.15, -0.1) is 12.4 Å². The molecule has 0 fully saturated rings. The zero-order valence-electron chi connectivity index (χ0n) is 17.1. The molecular weight excluding hydrogens is 390 g/mol. The fraction of sp³-hybridized carbons (Fsp3) is 0.364. The normalized spacial score (nSPS) is 11.5. The maximum absolute atomic E-state index is 13.3. The molecule has 4 nitrogen and oxygen atoms in total. The Balaban J connectivity index is 0.00000280. The molecule has 1 heterocycles. The third-order valence-electron chi connectivity index (χ3n) is 4.53. The Bertz CT molecular complexity index is 896. The number of carbonyl (C=O) groups excluding carboxylic acids is 1. The van der Waals surface area contributed by atoms with Gasteiger partial charge in [0.1, 0.15) is 0 Å². The van der Waals surface area contributed by atoms with Crippen molar-refractivity contribution in [1.82, 2.24) is 9.88 Å². The summed E-state index contributed by atoms with van der Waals surface area (Å²) in [6, 6.07) is 16.0. The van der Waals surface area contributed by atoms with Gasteiger partial charge in [-0.25, -0.2) is 4.98 Å². The number of para-hydroxylation sites is 1. The number of fused-ring (bicyclic) bond motifs is 1. The molecule has 0 unspecified atom stereocenters. The first-order chi connectivity index (χ1) is 12.8. The molecule has 150 valence electrons. The minimum atomic E-state index is -0.00337. The molecule has 0 saturated heterocycles. The van der Waals surface area contributed by atoms with Crippen molar-refractivity contribution < 1.29 is 4.79 Å². The summed E-state index contributed by atoms with van der Waals surface area (Å²) < 4.78 is 1.10. The molecule has 0 radical (unpaired) electrons. The Morgan fingerprint density at radius 1 is 1.00 bits per heavy atom. The molecule has 6 heteroatoms. The Morgan fingerprint density at radius 2 is 1.64 bits per heavy atom. The molecule has 0 aliphatic carbocycles. The molecular formula is C22H28ClN3OS. The Labute approximate surface area is 177 Å². The molecule has 0 saturated carbocycles. The summed E-state index contributed by atoms with van der Waals surface area (Å²) in [5.41, 5.74) is 2.92. The largest absolute Gasteiger partial charge is 0.308 e. The predicted octanol–water partition coefficient (Wildman–Crippen LogP) is 5.22. The molecule has 28 heavy (non-hydrogen) atoms. The van der Waals surface area contributed by atoms with Crippen LogP contribution in [0.3, 0.4) is 0 Å². The summed E-state index contributed by atoms with van der Waals surface area (Å²) in [6.07, 6.45) is 0. The first-order valence-corrected chi connectivity index (χ1v) is 10.00. The van der Waals surface area contributed by atoms with Gasteiger partial charge in [0.25, 0.3) is 5.91 Å². The van der Waals surface area contributed by atoms with Gasteiger partial charge in [0.05, 0.1) is 10.2 Å². The van der Waals surface area contributed by atoms with E-state index in [1.54, 1.807) is 16.2 Å². The number of nitrogens with zero attached hydrogens (tertiary/aromatic N) is 3. The van der Waals surface area contributed by atoms with E-state index in [0.717, 1.165) is 21.9 Å². The van der Waals surface area contributed by atoms with Crippen molar-refractivity contribution in [3.63, 3.8) is 0 Å². The number of rotatable bonds is 5. The Kier molecular flexibility index (Phi) is 7.21. The summed E-state index contributed by atoms with van der Waals surface area (Å²) in [7, 11) is 4.03. The SMILES string of the molecule is CN(C)CCN(C(=O)c1ccc(C(C)(C)C)cc1)c1nc2ccccc2s1.Cl. The lowest BCUT2D eigenvalue weighted by molar-refractivity contribution is 0.0985. The molecule has 1 aromatic heterocycles. The highest BCUT2D eigenvalue weighted by molar-refractivity contribution is 7.22. The number of hydrogen-bond acceptors (Lipinski definition) is 4. The number of carbonyl (C=O) groups is 1. The van der Waals surface area contributed by atoms with Crippen molar-refractivity contribution in [2.45, 2.75) is 26.2 Å². The second-order valence-electron chi connectivity index (χ2n) is 8.05. The van der Waals surface area contributed by atoms with Gasteiger partial charge in [-0.3, -0.25) is 9.69 Å². The highest BCUT2D eigenvalue weighted by atomic mass is 35.5. The van der Waals surface area contributed by atoms with Crippen molar-refractivity contribution in [1.29, 1.82) is 0 Å². The van der Waals surface area contributed by atoms with Gasteiger partial charge in [0, 0.05) is 18.7 Å². The van der Waals surface area contributed by atoms with Gasteiger partial charge < -0.3 is 4.90 Å². The average molecular weight is 418 g/mol. The molecule has 0 atom stereocenters. The van der Waals surface area contributed by atoms with Crippen LogP contribution in [0.4, 0.5) is 5.13 Å². The zero-order chi connectivity index (χ0) is 19.6. The zero-order valence-corrected chi connectivity index (χ0v) is 18.7. The lowest BCUT2D eigenvalue weighted by atomic mass is 9.86. The van der Waals surface area contributed by atoms with E-state index >= 15 is 0 Å². The maximum Gasteiger partial charge on any atom is 0.260 e. The quantitative estimate of drug-likeness (QED) is 0.570. The lowest BCUT2D eigenvalue weighted by Gasteiger charge is -2.23. The van der Waals surface area contributed by atoms with E-state index < -0.39 is 0 Å². The van der Waals surface area contributed by atoms with Crippen LogP contribution in [0.15, 0.2) is 48.5 Å². The van der Waals surface area contributed by atoms with E-state index in [-0.39, 0.29) is 23.7 Å². The van der Waals surface area contributed by atoms with Gasteiger partial charge in [0.15, 0.2) is 5.13 Å². The van der Waals surface area contributed by atoms with E-state index in [2.05, 4.69) is 37.8 Å². The Morgan fingerprint density at radius 3 is 2.21 bits per heavy atom. The van der Waals surface area contributed by atoms with Crippen LogP contribution >= 0.6 is 23.7 Å². The fourth-order valence-corrected chi connectivity index (χ4v) is 3.82. The maximum atomic E-state index is 13.3. The molecule has 0 aliphatic heterocycles. The topological polar surface area (TPSA) is 36.4 Å². The standard InChI is InChI=1S/C22H27N3OS.ClH/c1-22(2,3)17-12-10-16(11-13-17)20(26)25(15-14-24(4)5)21-23-18-8-6-7-9-19(18)27-21;/h6-13H,14-15H2,1-5H3;1H. The monoisotopic (exact) mass is 417 g/mol. The number of hydrogen-bond donors (Lipinski definition) is 0. The fourth-order valence-electron chi connectivity index (χ4n) is 2.83. The lowest BCUT2D eigenvalue weighted by Crippen LogP contribution is -2.36. The van der Waals surface area contributed by atoms with Gasteiger partial charge in [-0.05, 0) is 49.3 Å². The summed E-state index contributed by atoms with van der Waals surface area (Å²) in [5, 5.41) is 0.753. The van der Waals surface area contributed by atoms with Crippen LogP contribution in [0.1, 0.15) is 36.7 Å². The molecule has 2 aromatic carbocycles. The Hall–Kier alpha value is -1.95. The minimum Gasteiger partial charge on any atom is -0.308 e. The van der Waals surface area contributed by atoms with Gasteiger partial charge >= 0.3 is 0 Å². The van der Waals surface area contributed by atoms with Crippen molar-refractivity contribution in [3.8, 4) is 0 Å². The van der Waals surface area contributed by atoms with Gasteiger partial charge in [0.2, 0.25) is 0 Å². The van der Waals surface area contributed by atoms with E-state index in [1.807, 2.05) is 50.5 Å². The number of amides is 1. The summed E-state index contributed by atoms with van der Waals surface area (Å²) in [5.74, 6) is -0.00337. The van der Waals surface area contributed by atoms with Crippen LogP contribution in [0, 0.1) is 0 Å². The van der Waals surface area contributed by atoms with Crippen LogP contribution in [-0.4, -0.2) is 43.0 Å². The number of anilines is 1. The average Bonchev–Trinajstić information content (AvgIpc) is 3.04. The second-order valence-corrected chi connectivity index (χ2v) is 9.06.